The van der Waals surface area contributed by atoms with Crippen LogP contribution in [0.15, 0.2) is 48.9 Å². The van der Waals surface area contributed by atoms with Crippen LogP contribution in [0, 0.1) is 0 Å². The van der Waals surface area contributed by atoms with Crippen LogP contribution in [0.25, 0.3) is 0 Å². The van der Waals surface area contributed by atoms with Crippen molar-refractivity contribution in [3.8, 4) is 0 Å². The molecule has 0 heterocycles. The minimum absolute atomic E-state index is 0.751. The van der Waals surface area contributed by atoms with E-state index >= 15 is 0 Å². The van der Waals surface area contributed by atoms with Crippen LogP contribution in [-0.2, 0) is 0 Å². The minimum atomic E-state index is 0.751. The number of allylic oxidation sites excluding steroid dienone is 2. The van der Waals surface area contributed by atoms with E-state index in [9.17, 15) is 0 Å². The molecule has 3 heteroatoms. The van der Waals surface area contributed by atoms with Gasteiger partial charge >= 0.3 is 0 Å². The SMILES string of the molecule is C=CC/C(C)=C\C(=C)CN(/C=C/N)CNC. The number of nitrogens with two attached hydrogens (primary N) is 1. The first-order valence-electron chi connectivity index (χ1n) is 5.37. The molecule has 0 aromatic carbocycles. The smallest absolute Gasteiger partial charge is 0.0678 e. The molecule has 0 aliphatic carbocycles. The highest BCUT2D eigenvalue weighted by molar-refractivity contribution is 5.22. The molecule has 16 heavy (non-hydrogen) atoms. The number of nitrogens with zero attached hydrogens (tertiary/aromatic N) is 1. The quantitative estimate of drug-likeness (QED) is 0.374. The van der Waals surface area contributed by atoms with E-state index in [0.29, 0.717) is 0 Å². The molecule has 0 aliphatic rings. The van der Waals surface area contributed by atoms with E-state index in [0.717, 1.165) is 25.2 Å². The molecule has 0 unspecified atom stereocenters. The maximum absolute atomic E-state index is 5.38. The highest BCUT2D eigenvalue weighted by atomic mass is 15.2. The Labute approximate surface area is 99.0 Å². The van der Waals surface area contributed by atoms with E-state index in [1.165, 1.54) is 11.8 Å². The Bertz CT molecular complexity index is 277. The average molecular weight is 221 g/mol. The van der Waals surface area contributed by atoms with Gasteiger partial charge in [-0.25, -0.2) is 0 Å². The van der Waals surface area contributed by atoms with Crippen LogP contribution < -0.4 is 11.1 Å². The molecule has 3 nitrogen and oxygen atoms in total. The van der Waals surface area contributed by atoms with Crippen LogP contribution in [0.1, 0.15) is 13.3 Å². The fourth-order valence-electron chi connectivity index (χ4n) is 1.43. The van der Waals surface area contributed by atoms with Crippen LogP contribution in [0.3, 0.4) is 0 Å². The summed E-state index contributed by atoms with van der Waals surface area (Å²) in [7, 11) is 1.90. The third-order valence-corrected chi connectivity index (χ3v) is 1.98. The van der Waals surface area contributed by atoms with Gasteiger partial charge < -0.3 is 16.0 Å². The lowest BCUT2D eigenvalue weighted by Crippen LogP contribution is -2.29. The van der Waals surface area contributed by atoms with Crippen LogP contribution in [0.5, 0.6) is 0 Å². The number of nitrogens with one attached hydrogen (secondary N) is 1. The third-order valence-electron chi connectivity index (χ3n) is 1.98. The van der Waals surface area contributed by atoms with Crippen LogP contribution in [-0.4, -0.2) is 25.2 Å². The van der Waals surface area contributed by atoms with Gasteiger partial charge in [-0.3, -0.25) is 0 Å². The molecular weight excluding hydrogens is 198 g/mol. The van der Waals surface area contributed by atoms with E-state index in [1.807, 2.05) is 19.3 Å². The molecule has 0 radical (unpaired) electrons. The van der Waals surface area contributed by atoms with Gasteiger partial charge in [-0.2, -0.15) is 0 Å². The van der Waals surface area contributed by atoms with Crippen molar-refractivity contribution in [2.75, 3.05) is 20.3 Å². The van der Waals surface area contributed by atoms with Gasteiger partial charge in [-0.15, -0.1) is 6.58 Å². The van der Waals surface area contributed by atoms with Gasteiger partial charge in [0.25, 0.3) is 0 Å². The Morgan fingerprint density at radius 1 is 1.50 bits per heavy atom. The molecule has 0 spiro atoms. The highest BCUT2D eigenvalue weighted by Gasteiger charge is 1.99. The summed E-state index contributed by atoms with van der Waals surface area (Å²) in [6.45, 7) is 11.3. The molecule has 0 bridgehead atoms. The Hall–Kier alpha value is -1.48. The molecule has 0 atom stereocenters. The Morgan fingerprint density at radius 2 is 2.19 bits per heavy atom. The molecule has 0 saturated carbocycles. The van der Waals surface area contributed by atoms with E-state index < -0.39 is 0 Å². The second-order valence-corrected chi connectivity index (χ2v) is 3.74. The van der Waals surface area contributed by atoms with E-state index in [-0.39, 0.29) is 0 Å². The van der Waals surface area contributed by atoms with Crippen LogP contribution in [0.4, 0.5) is 0 Å². The zero-order valence-corrected chi connectivity index (χ0v) is 10.4. The summed E-state index contributed by atoms with van der Waals surface area (Å²) in [4.78, 5) is 2.06. The van der Waals surface area contributed by atoms with Gasteiger partial charge in [0.2, 0.25) is 0 Å². The third kappa shape index (κ3) is 6.90. The molecule has 0 aliphatic heterocycles. The van der Waals surface area contributed by atoms with Crippen molar-refractivity contribution < 1.29 is 0 Å². The summed E-state index contributed by atoms with van der Waals surface area (Å²) in [6.07, 6.45) is 8.26. The lowest BCUT2D eigenvalue weighted by atomic mass is 10.1. The standard InChI is InChI=1S/C13H23N3/c1-5-6-12(2)9-13(3)10-16(8-7-14)11-15-4/h5,7-9,15H,1,3,6,10-11,14H2,2,4H3/b8-7+,12-9-. The lowest BCUT2D eigenvalue weighted by molar-refractivity contribution is 0.385. The molecule has 90 valence electrons. The molecule has 0 rings (SSSR count). The summed E-state index contributed by atoms with van der Waals surface area (Å²) in [6, 6.07) is 0. The zero-order chi connectivity index (χ0) is 12.4. The molecule has 3 N–H and O–H groups in total. The van der Waals surface area contributed by atoms with Crippen molar-refractivity contribution >= 4 is 0 Å². The highest BCUT2D eigenvalue weighted by Crippen LogP contribution is 2.06. The zero-order valence-electron chi connectivity index (χ0n) is 10.4. The summed E-state index contributed by atoms with van der Waals surface area (Å²) in [5.74, 6) is 0. The van der Waals surface area contributed by atoms with Gasteiger partial charge in [0.1, 0.15) is 0 Å². The van der Waals surface area contributed by atoms with Crippen molar-refractivity contribution in [3.63, 3.8) is 0 Å². The first kappa shape index (κ1) is 14.5. The molecule has 0 fully saturated rings. The molecule has 0 aromatic heterocycles. The lowest BCUT2D eigenvalue weighted by Gasteiger charge is -2.19. The number of hydrogen-bond acceptors (Lipinski definition) is 3. The van der Waals surface area contributed by atoms with Gasteiger partial charge in [0, 0.05) is 18.9 Å². The largest absolute Gasteiger partial charge is 0.403 e. The van der Waals surface area contributed by atoms with Crippen molar-refractivity contribution in [2.45, 2.75) is 13.3 Å². The maximum atomic E-state index is 5.38. The summed E-state index contributed by atoms with van der Waals surface area (Å²) in [5.41, 5.74) is 7.70. The first-order valence-corrected chi connectivity index (χ1v) is 5.37. The average Bonchev–Trinajstić information content (AvgIpc) is 2.18. The van der Waals surface area contributed by atoms with E-state index in [2.05, 4.69) is 36.4 Å². The maximum Gasteiger partial charge on any atom is 0.0678 e. The van der Waals surface area contributed by atoms with Gasteiger partial charge in [0.05, 0.1) is 6.67 Å². The monoisotopic (exact) mass is 221 g/mol. The predicted octanol–water partition coefficient (Wildman–Crippen LogP) is 1.97. The fourth-order valence-corrected chi connectivity index (χ4v) is 1.43. The normalized spacial score (nSPS) is 11.8. The Balaban J connectivity index is 4.28. The second kappa shape index (κ2) is 8.80. The van der Waals surface area contributed by atoms with Crippen LogP contribution in [0.2, 0.25) is 0 Å². The van der Waals surface area contributed by atoms with E-state index in [4.69, 9.17) is 5.73 Å². The van der Waals surface area contributed by atoms with Crippen molar-refractivity contribution in [2.24, 2.45) is 5.73 Å². The topological polar surface area (TPSA) is 41.3 Å². The fraction of sp³-hybridized carbons (Fsp3) is 0.385. The number of rotatable bonds is 8. The molecule has 0 saturated heterocycles. The Kier molecular flexibility index (Phi) is 7.98. The van der Waals surface area contributed by atoms with Crippen molar-refractivity contribution in [1.29, 1.82) is 0 Å². The van der Waals surface area contributed by atoms with Crippen molar-refractivity contribution in [1.82, 2.24) is 10.2 Å². The second-order valence-electron chi connectivity index (χ2n) is 3.74. The summed E-state index contributed by atoms with van der Waals surface area (Å²) < 4.78 is 0. The van der Waals surface area contributed by atoms with Gasteiger partial charge in [0.15, 0.2) is 0 Å². The molecule has 0 amide bonds. The van der Waals surface area contributed by atoms with Gasteiger partial charge in [-0.1, -0.05) is 24.3 Å². The van der Waals surface area contributed by atoms with Crippen molar-refractivity contribution in [3.05, 3.63) is 48.9 Å². The summed E-state index contributed by atoms with van der Waals surface area (Å²) in [5, 5.41) is 3.08. The summed E-state index contributed by atoms with van der Waals surface area (Å²) >= 11 is 0. The number of hydrogen-bond donors (Lipinski definition) is 2. The Morgan fingerprint density at radius 3 is 2.69 bits per heavy atom. The first-order chi connectivity index (χ1) is 7.63. The minimum Gasteiger partial charge on any atom is -0.403 e. The molecule has 0 aromatic rings. The van der Waals surface area contributed by atoms with Gasteiger partial charge in [-0.05, 0) is 26.0 Å². The van der Waals surface area contributed by atoms with Crippen LogP contribution >= 0.6 is 0 Å². The van der Waals surface area contributed by atoms with E-state index in [1.54, 1.807) is 0 Å². The predicted molar refractivity (Wildman–Crippen MR) is 71.7 cm³/mol. The molecular formula is C13H23N3.